The maximum Gasteiger partial charge on any atom is 0.110 e. The fraction of sp³-hybridized carbons (Fsp3) is 0.727. The normalized spacial score (nSPS) is 23.2. The fourth-order valence-electron chi connectivity index (χ4n) is 1.95. The quantitative estimate of drug-likeness (QED) is 0.841. The van der Waals surface area contributed by atoms with Gasteiger partial charge < -0.3 is 14.6 Å². The first kappa shape index (κ1) is 12.0. The molecule has 0 radical (unpaired) electrons. The molecule has 1 fully saturated rings. The van der Waals surface area contributed by atoms with Crippen LogP contribution in [0.25, 0.3) is 0 Å². The highest BCUT2D eigenvalue weighted by Gasteiger charge is 2.24. The van der Waals surface area contributed by atoms with Crippen LogP contribution in [0.15, 0.2) is 12.4 Å². The van der Waals surface area contributed by atoms with Crippen molar-refractivity contribution in [2.75, 3.05) is 25.2 Å². The smallest absolute Gasteiger partial charge is 0.110 e. The van der Waals surface area contributed by atoms with Gasteiger partial charge in [0.2, 0.25) is 0 Å². The number of nitrogens with one attached hydrogen (secondary N) is 1. The van der Waals surface area contributed by atoms with Crippen molar-refractivity contribution in [1.82, 2.24) is 14.9 Å². The van der Waals surface area contributed by atoms with Crippen molar-refractivity contribution in [1.29, 1.82) is 0 Å². The predicted molar refractivity (Wildman–Crippen MR) is 66.8 cm³/mol. The van der Waals surface area contributed by atoms with Crippen LogP contribution in [0.1, 0.15) is 5.82 Å². The highest BCUT2D eigenvalue weighted by atomic mass is 32.2. The number of aryl methyl sites for hydroxylation is 1. The zero-order chi connectivity index (χ0) is 11.4. The van der Waals surface area contributed by atoms with Gasteiger partial charge >= 0.3 is 0 Å². The second-order valence-electron chi connectivity index (χ2n) is 4.04. The summed E-state index contributed by atoms with van der Waals surface area (Å²) < 4.78 is 7.87. The molecule has 0 bridgehead atoms. The van der Waals surface area contributed by atoms with E-state index in [1.165, 1.54) is 0 Å². The lowest BCUT2D eigenvalue weighted by Gasteiger charge is -2.29. The van der Waals surface area contributed by atoms with Crippen molar-refractivity contribution >= 4 is 11.8 Å². The van der Waals surface area contributed by atoms with E-state index in [4.69, 9.17) is 4.74 Å². The summed E-state index contributed by atoms with van der Waals surface area (Å²) in [5.74, 6) is 3.31. The zero-order valence-corrected chi connectivity index (χ0v) is 10.7. The van der Waals surface area contributed by atoms with Crippen molar-refractivity contribution in [2.45, 2.75) is 18.6 Å². The molecule has 0 saturated carbocycles. The van der Waals surface area contributed by atoms with Crippen LogP contribution in [-0.4, -0.2) is 46.9 Å². The van der Waals surface area contributed by atoms with Crippen LogP contribution in [0.4, 0.5) is 0 Å². The average Bonchev–Trinajstić information content (AvgIpc) is 2.73. The Morgan fingerprint density at radius 1 is 1.75 bits per heavy atom. The number of thioether (sulfide) groups is 1. The van der Waals surface area contributed by atoms with Gasteiger partial charge in [0.05, 0.1) is 12.7 Å². The largest absolute Gasteiger partial charge is 0.375 e. The van der Waals surface area contributed by atoms with Gasteiger partial charge in [0.25, 0.3) is 0 Å². The van der Waals surface area contributed by atoms with E-state index < -0.39 is 0 Å². The SMILES string of the molecule is CNC(Cc1nccn1C)C1CSCCO1. The summed E-state index contributed by atoms with van der Waals surface area (Å²) in [6.07, 6.45) is 5.06. The Morgan fingerprint density at radius 2 is 2.62 bits per heavy atom. The maximum absolute atomic E-state index is 5.80. The Hall–Kier alpha value is -0.520. The molecule has 0 aliphatic carbocycles. The number of imidazole rings is 1. The van der Waals surface area contributed by atoms with Gasteiger partial charge in [0.1, 0.15) is 5.82 Å². The van der Waals surface area contributed by atoms with E-state index in [1.54, 1.807) is 0 Å². The Kier molecular flexibility index (Phi) is 4.26. The lowest BCUT2D eigenvalue weighted by Crippen LogP contribution is -2.45. The molecule has 0 spiro atoms. The van der Waals surface area contributed by atoms with Crippen LogP contribution in [0, 0.1) is 0 Å². The summed E-state index contributed by atoms with van der Waals surface area (Å²) in [6, 6.07) is 0.355. The zero-order valence-electron chi connectivity index (χ0n) is 9.85. The van der Waals surface area contributed by atoms with Gasteiger partial charge in [-0.1, -0.05) is 0 Å². The third-order valence-corrected chi connectivity index (χ3v) is 4.00. The molecular formula is C11H19N3OS. The lowest BCUT2D eigenvalue weighted by atomic mass is 10.1. The minimum atomic E-state index is 0.306. The summed E-state index contributed by atoms with van der Waals surface area (Å²) in [6.45, 7) is 0.869. The van der Waals surface area contributed by atoms with Crippen molar-refractivity contribution in [3.05, 3.63) is 18.2 Å². The lowest BCUT2D eigenvalue weighted by molar-refractivity contribution is 0.0485. The Bertz CT molecular complexity index is 323. The van der Waals surface area contributed by atoms with Crippen molar-refractivity contribution < 1.29 is 4.74 Å². The number of hydrogen-bond acceptors (Lipinski definition) is 4. The topological polar surface area (TPSA) is 39.1 Å². The standard InChI is InChI=1S/C11H19N3OS/c1-12-9(10-8-16-6-5-15-10)7-11-13-3-4-14(11)2/h3-4,9-10,12H,5-8H2,1-2H3. The molecule has 0 aromatic carbocycles. The van der Waals surface area contributed by atoms with Crippen molar-refractivity contribution in [3.8, 4) is 0 Å². The van der Waals surface area contributed by atoms with Gasteiger partial charge in [-0.2, -0.15) is 11.8 Å². The van der Waals surface area contributed by atoms with E-state index in [2.05, 4.69) is 14.9 Å². The van der Waals surface area contributed by atoms with Gasteiger partial charge in [-0.15, -0.1) is 0 Å². The van der Waals surface area contributed by atoms with E-state index >= 15 is 0 Å². The van der Waals surface area contributed by atoms with Gasteiger partial charge in [-0.3, -0.25) is 0 Å². The van der Waals surface area contributed by atoms with Gasteiger partial charge in [0.15, 0.2) is 0 Å². The number of aromatic nitrogens is 2. The van der Waals surface area contributed by atoms with E-state index in [0.29, 0.717) is 12.1 Å². The molecular weight excluding hydrogens is 222 g/mol. The molecule has 0 amide bonds. The van der Waals surface area contributed by atoms with E-state index in [-0.39, 0.29) is 0 Å². The molecule has 90 valence electrons. The molecule has 1 aromatic rings. The van der Waals surface area contributed by atoms with Crippen LogP contribution in [0.3, 0.4) is 0 Å². The summed E-state index contributed by atoms with van der Waals surface area (Å²) in [5, 5.41) is 3.35. The molecule has 1 aliphatic rings. The highest BCUT2D eigenvalue weighted by Crippen LogP contribution is 2.17. The molecule has 1 N–H and O–H groups in total. The van der Waals surface area contributed by atoms with Gasteiger partial charge in [-0.25, -0.2) is 4.98 Å². The number of rotatable bonds is 4. The number of hydrogen-bond donors (Lipinski definition) is 1. The maximum atomic E-state index is 5.80. The van der Waals surface area contributed by atoms with E-state index in [1.807, 2.05) is 38.3 Å². The molecule has 16 heavy (non-hydrogen) atoms. The molecule has 2 heterocycles. The molecule has 5 heteroatoms. The van der Waals surface area contributed by atoms with Crippen LogP contribution >= 0.6 is 11.8 Å². The number of nitrogens with zero attached hydrogens (tertiary/aromatic N) is 2. The third kappa shape index (κ3) is 2.78. The van der Waals surface area contributed by atoms with E-state index in [9.17, 15) is 0 Å². The first-order chi connectivity index (χ1) is 7.81. The first-order valence-corrected chi connectivity index (χ1v) is 6.79. The molecule has 2 rings (SSSR count). The minimum absolute atomic E-state index is 0.306. The Balaban J connectivity index is 1.97. The van der Waals surface area contributed by atoms with Crippen LogP contribution < -0.4 is 5.32 Å². The number of likely N-dealkylation sites (N-methyl/N-ethyl adjacent to an activating group) is 1. The van der Waals surface area contributed by atoms with Crippen molar-refractivity contribution in [3.63, 3.8) is 0 Å². The first-order valence-electron chi connectivity index (χ1n) is 5.64. The predicted octanol–water partition coefficient (Wildman–Crippen LogP) is 0.683. The second kappa shape index (κ2) is 5.70. The van der Waals surface area contributed by atoms with Crippen LogP contribution in [0.5, 0.6) is 0 Å². The summed E-state index contributed by atoms with van der Waals surface area (Å²) in [7, 11) is 4.03. The molecule has 1 saturated heterocycles. The summed E-state index contributed by atoms with van der Waals surface area (Å²) in [5.41, 5.74) is 0. The second-order valence-corrected chi connectivity index (χ2v) is 5.19. The van der Waals surface area contributed by atoms with Gasteiger partial charge in [-0.05, 0) is 7.05 Å². The monoisotopic (exact) mass is 241 g/mol. The van der Waals surface area contributed by atoms with Crippen LogP contribution in [0.2, 0.25) is 0 Å². The fourth-order valence-corrected chi connectivity index (χ4v) is 2.89. The highest BCUT2D eigenvalue weighted by molar-refractivity contribution is 7.99. The average molecular weight is 241 g/mol. The molecule has 4 nitrogen and oxygen atoms in total. The van der Waals surface area contributed by atoms with E-state index in [0.717, 1.165) is 30.4 Å². The molecule has 2 unspecified atom stereocenters. The molecule has 2 atom stereocenters. The van der Waals surface area contributed by atoms with Gasteiger partial charge in [0, 0.05) is 43.4 Å². The minimum Gasteiger partial charge on any atom is -0.375 e. The van der Waals surface area contributed by atoms with Crippen LogP contribution in [-0.2, 0) is 18.2 Å². The third-order valence-electron chi connectivity index (χ3n) is 2.98. The Morgan fingerprint density at radius 3 is 3.19 bits per heavy atom. The number of ether oxygens (including phenoxy) is 1. The summed E-state index contributed by atoms with van der Waals surface area (Å²) in [4.78, 5) is 4.36. The summed E-state index contributed by atoms with van der Waals surface area (Å²) >= 11 is 1.97. The molecule has 1 aromatic heterocycles. The molecule has 1 aliphatic heterocycles. The van der Waals surface area contributed by atoms with Crippen molar-refractivity contribution in [2.24, 2.45) is 7.05 Å². The Labute approximate surface area is 101 Å².